The van der Waals surface area contributed by atoms with Gasteiger partial charge in [0.2, 0.25) is 0 Å². The number of carbonyl (C=O) groups is 2. The van der Waals surface area contributed by atoms with Crippen molar-refractivity contribution in [3.63, 3.8) is 0 Å². The molecule has 0 aliphatic carbocycles. The number of ether oxygens (including phenoxy) is 5. The van der Waals surface area contributed by atoms with Crippen molar-refractivity contribution in [3.8, 4) is 0 Å². The third-order valence-electron chi connectivity index (χ3n) is 4.37. The molecule has 1 unspecified atom stereocenters. The number of rotatable bonds is 7. The highest BCUT2D eigenvalue weighted by Crippen LogP contribution is 2.29. The molecule has 3 rings (SSSR count). The van der Waals surface area contributed by atoms with Crippen LogP contribution in [0.4, 0.5) is 0 Å². The molecule has 1 heterocycles. The van der Waals surface area contributed by atoms with Gasteiger partial charge in [0.05, 0.1) is 19.3 Å². The summed E-state index contributed by atoms with van der Waals surface area (Å²) in [7, 11) is 2.66. The van der Waals surface area contributed by atoms with Gasteiger partial charge in [0.25, 0.3) is 0 Å². The summed E-state index contributed by atoms with van der Waals surface area (Å²) in [4.78, 5) is 24.7. The van der Waals surface area contributed by atoms with Crippen LogP contribution in [-0.2, 0) is 35.1 Å². The summed E-state index contributed by atoms with van der Waals surface area (Å²) in [6, 6.07) is 18.0. The van der Waals surface area contributed by atoms with E-state index in [-0.39, 0.29) is 6.61 Å². The molecule has 1 saturated heterocycles. The average Bonchev–Trinajstić information content (AvgIpc) is 3.10. The van der Waals surface area contributed by atoms with Crippen molar-refractivity contribution >= 4 is 11.9 Å². The van der Waals surface area contributed by atoms with E-state index in [0.717, 1.165) is 5.56 Å². The molecule has 1 aliphatic rings. The van der Waals surface area contributed by atoms with Crippen LogP contribution < -0.4 is 0 Å². The smallest absolute Gasteiger partial charge is 0.338 e. The fourth-order valence-corrected chi connectivity index (χ4v) is 2.96. The van der Waals surface area contributed by atoms with Crippen molar-refractivity contribution in [2.75, 3.05) is 14.2 Å². The number of hydrogen-bond donors (Lipinski definition) is 0. The summed E-state index contributed by atoms with van der Waals surface area (Å²) >= 11 is 0. The van der Waals surface area contributed by atoms with E-state index in [1.54, 1.807) is 30.3 Å². The van der Waals surface area contributed by atoms with Crippen molar-refractivity contribution in [2.45, 2.75) is 31.2 Å². The quantitative estimate of drug-likeness (QED) is 0.676. The molecule has 0 N–H and O–H groups in total. The lowest BCUT2D eigenvalue weighted by molar-refractivity contribution is -0.175. The van der Waals surface area contributed by atoms with Gasteiger partial charge in [0.15, 0.2) is 18.5 Å². The van der Waals surface area contributed by atoms with E-state index in [4.69, 9.17) is 23.7 Å². The van der Waals surface area contributed by atoms with Gasteiger partial charge in [-0.2, -0.15) is 0 Å². The first kappa shape index (κ1) is 20.0. The Morgan fingerprint density at radius 3 is 2.18 bits per heavy atom. The van der Waals surface area contributed by atoms with Gasteiger partial charge in [-0.05, 0) is 17.7 Å². The first-order valence-corrected chi connectivity index (χ1v) is 8.81. The molecule has 28 heavy (non-hydrogen) atoms. The Hall–Kier alpha value is -2.74. The molecule has 2 aromatic rings. The second-order valence-corrected chi connectivity index (χ2v) is 6.18. The Labute approximate surface area is 163 Å². The number of benzene rings is 2. The number of esters is 2. The molecule has 0 bridgehead atoms. The summed E-state index contributed by atoms with van der Waals surface area (Å²) in [5.74, 6) is -1.19. The fraction of sp³-hybridized carbons (Fsp3) is 0.333. The van der Waals surface area contributed by atoms with Crippen LogP contribution in [0, 0.1) is 0 Å². The zero-order valence-corrected chi connectivity index (χ0v) is 15.6. The predicted molar refractivity (Wildman–Crippen MR) is 98.4 cm³/mol. The molecule has 0 aromatic heterocycles. The highest BCUT2D eigenvalue weighted by atomic mass is 16.7. The van der Waals surface area contributed by atoms with Crippen molar-refractivity contribution in [1.29, 1.82) is 0 Å². The van der Waals surface area contributed by atoms with Crippen LogP contribution in [-0.4, -0.2) is 50.8 Å². The minimum Gasteiger partial charge on any atom is -0.467 e. The molecule has 0 saturated carbocycles. The van der Waals surface area contributed by atoms with Crippen LogP contribution in [0.25, 0.3) is 0 Å². The fourth-order valence-electron chi connectivity index (χ4n) is 2.96. The maximum absolute atomic E-state index is 12.5. The molecule has 4 atom stereocenters. The van der Waals surface area contributed by atoms with Crippen LogP contribution in [0.1, 0.15) is 15.9 Å². The molecule has 1 fully saturated rings. The van der Waals surface area contributed by atoms with Crippen LogP contribution in [0.2, 0.25) is 0 Å². The first-order valence-electron chi connectivity index (χ1n) is 8.81. The molecule has 0 radical (unpaired) electrons. The van der Waals surface area contributed by atoms with Crippen LogP contribution in [0.3, 0.4) is 0 Å². The Bertz CT molecular complexity index is 778. The Balaban J connectivity index is 1.80. The summed E-state index contributed by atoms with van der Waals surface area (Å²) in [6.07, 6.45) is -3.86. The van der Waals surface area contributed by atoms with Crippen molar-refractivity contribution in [1.82, 2.24) is 0 Å². The zero-order valence-electron chi connectivity index (χ0n) is 15.6. The molecule has 1 aliphatic heterocycles. The van der Waals surface area contributed by atoms with Gasteiger partial charge in [0, 0.05) is 7.11 Å². The largest absolute Gasteiger partial charge is 0.467 e. The molecular formula is C21H22O7. The van der Waals surface area contributed by atoms with Gasteiger partial charge >= 0.3 is 11.9 Å². The van der Waals surface area contributed by atoms with Crippen LogP contribution >= 0.6 is 0 Å². The summed E-state index contributed by atoms with van der Waals surface area (Å²) in [5, 5.41) is 0. The Morgan fingerprint density at radius 2 is 1.57 bits per heavy atom. The van der Waals surface area contributed by atoms with Crippen LogP contribution in [0.15, 0.2) is 60.7 Å². The van der Waals surface area contributed by atoms with Gasteiger partial charge in [-0.25, -0.2) is 9.59 Å². The molecule has 0 amide bonds. The second kappa shape index (κ2) is 9.45. The second-order valence-electron chi connectivity index (χ2n) is 6.18. The predicted octanol–water partition coefficient (Wildman–Crippen LogP) is 2.34. The van der Waals surface area contributed by atoms with E-state index in [0.29, 0.717) is 5.56 Å². The van der Waals surface area contributed by atoms with E-state index < -0.39 is 36.5 Å². The minimum absolute atomic E-state index is 0.207. The van der Waals surface area contributed by atoms with E-state index in [1.165, 1.54) is 14.2 Å². The highest BCUT2D eigenvalue weighted by Gasteiger charge is 2.52. The normalized spacial score (nSPS) is 23.9. The maximum Gasteiger partial charge on any atom is 0.338 e. The molecule has 0 spiro atoms. The molecule has 148 valence electrons. The summed E-state index contributed by atoms with van der Waals surface area (Å²) < 4.78 is 27.2. The van der Waals surface area contributed by atoms with Gasteiger partial charge < -0.3 is 23.7 Å². The maximum atomic E-state index is 12.5. The van der Waals surface area contributed by atoms with E-state index >= 15 is 0 Å². The lowest BCUT2D eigenvalue weighted by atomic mass is 10.1. The van der Waals surface area contributed by atoms with Gasteiger partial charge in [-0.3, -0.25) is 0 Å². The summed E-state index contributed by atoms with van der Waals surface area (Å²) in [5.41, 5.74) is 1.28. The average molecular weight is 386 g/mol. The topological polar surface area (TPSA) is 80.3 Å². The van der Waals surface area contributed by atoms with Crippen molar-refractivity contribution < 1.29 is 33.3 Å². The molecule has 2 aromatic carbocycles. The summed E-state index contributed by atoms with van der Waals surface area (Å²) in [6.45, 7) is 0.207. The Morgan fingerprint density at radius 1 is 0.929 bits per heavy atom. The number of carbonyl (C=O) groups excluding carboxylic acids is 2. The lowest BCUT2D eigenvalue weighted by Gasteiger charge is -2.23. The van der Waals surface area contributed by atoms with Gasteiger partial charge in [0.1, 0.15) is 6.10 Å². The Kier molecular flexibility index (Phi) is 6.76. The third kappa shape index (κ3) is 4.56. The highest BCUT2D eigenvalue weighted by molar-refractivity contribution is 5.89. The monoisotopic (exact) mass is 386 g/mol. The van der Waals surface area contributed by atoms with Crippen molar-refractivity contribution in [2.24, 2.45) is 0 Å². The minimum atomic E-state index is -1.08. The lowest BCUT2D eigenvalue weighted by Crippen LogP contribution is -2.42. The zero-order chi connectivity index (χ0) is 19.9. The van der Waals surface area contributed by atoms with E-state index in [9.17, 15) is 9.59 Å². The number of hydrogen-bond acceptors (Lipinski definition) is 7. The van der Waals surface area contributed by atoms with E-state index in [1.807, 2.05) is 30.3 Å². The number of methoxy groups -OCH3 is 2. The van der Waals surface area contributed by atoms with E-state index in [2.05, 4.69) is 0 Å². The standard InChI is InChI=1S/C21H22O7/c1-24-20(23)17-16(26-13-14-9-5-3-6-10-14)18(21(25-2)28-17)27-19(22)15-11-7-4-8-12-15/h3-12,16-18,21H,13H2,1-2H3/t16-,17-,18+,21?/m0/s1. The molecule has 7 heteroatoms. The molecule has 7 nitrogen and oxygen atoms in total. The van der Waals surface area contributed by atoms with Crippen molar-refractivity contribution in [3.05, 3.63) is 71.8 Å². The van der Waals surface area contributed by atoms with Gasteiger partial charge in [-0.1, -0.05) is 48.5 Å². The van der Waals surface area contributed by atoms with Gasteiger partial charge in [-0.15, -0.1) is 0 Å². The SMILES string of the molecule is COC(=O)[C@H]1OC(OC)[C@H](OC(=O)c2ccccc2)[C@H]1OCc1ccccc1. The third-order valence-corrected chi connectivity index (χ3v) is 4.37. The first-order chi connectivity index (χ1) is 13.6. The molecular weight excluding hydrogens is 364 g/mol. The van der Waals surface area contributed by atoms with Crippen LogP contribution in [0.5, 0.6) is 0 Å².